The molecule has 0 radical (unpaired) electrons. The molecule has 0 saturated carbocycles. The van der Waals surface area contributed by atoms with Gasteiger partial charge < -0.3 is 19.4 Å². The van der Waals surface area contributed by atoms with Gasteiger partial charge in [-0.3, -0.25) is 9.69 Å². The first-order valence-corrected chi connectivity index (χ1v) is 15.5. The summed E-state index contributed by atoms with van der Waals surface area (Å²) in [4.78, 5) is 33.3. The minimum absolute atomic E-state index is 0. The smallest absolute Gasteiger partial charge is 0.528 e. The van der Waals surface area contributed by atoms with Crippen molar-refractivity contribution in [1.29, 1.82) is 0 Å². The summed E-state index contributed by atoms with van der Waals surface area (Å²) in [5.74, 6) is -0.567. The molecule has 242 valence electrons. The molecule has 3 aromatic carbocycles. The Labute approximate surface area is 300 Å². The van der Waals surface area contributed by atoms with E-state index in [1.807, 2.05) is 85.8 Å². The number of rotatable bonds is 5. The summed E-state index contributed by atoms with van der Waals surface area (Å²) >= 11 is 0. The number of aromatic nitrogens is 1. The second-order valence-corrected chi connectivity index (χ2v) is 12.6. The van der Waals surface area contributed by atoms with Gasteiger partial charge in [0.1, 0.15) is 17.7 Å². The van der Waals surface area contributed by atoms with Crippen LogP contribution in [0.3, 0.4) is 0 Å². The molecule has 2 aliphatic heterocycles. The molecule has 0 bridgehead atoms. The van der Waals surface area contributed by atoms with Crippen LogP contribution in [0.15, 0.2) is 91.0 Å². The maximum atomic E-state index is 15.4. The molecule has 0 N–H and O–H groups in total. The first-order chi connectivity index (χ1) is 22.0. The number of benzene rings is 3. The normalized spacial score (nSPS) is 18.7. The zero-order chi connectivity index (χ0) is 32.8. The van der Waals surface area contributed by atoms with E-state index >= 15 is 4.39 Å². The zero-order valence-electron chi connectivity index (χ0n) is 27.3. The number of fused-ring (bicyclic) bond motifs is 1. The van der Waals surface area contributed by atoms with Gasteiger partial charge in [-0.15, -0.1) is 18.2 Å². The van der Waals surface area contributed by atoms with Gasteiger partial charge in [0.05, 0.1) is 24.8 Å². The molecular formula is C38H40FN3O4U. The van der Waals surface area contributed by atoms with E-state index in [1.165, 1.54) is 4.90 Å². The Morgan fingerprint density at radius 3 is 2.32 bits per heavy atom. The maximum absolute atomic E-state index is 15.4. The number of nitrogens with zero attached hydrogens (tertiary/aromatic N) is 3. The van der Waals surface area contributed by atoms with Gasteiger partial charge >= 0.3 is 37.2 Å². The average Bonchev–Trinajstić information content (AvgIpc) is 3.29. The molecule has 3 heterocycles. The molecule has 7 nitrogen and oxygen atoms in total. The minimum Gasteiger partial charge on any atom is -0.528 e. The number of pyridine rings is 1. The van der Waals surface area contributed by atoms with Crippen LogP contribution in [0.5, 0.6) is 5.88 Å². The van der Waals surface area contributed by atoms with Gasteiger partial charge in [0.2, 0.25) is 5.91 Å². The van der Waals surface area contributed by atoms with Crippen LogP contribution in [-0.2, 0) is 16.1 Å². The fraction of sp³-hybridized carbons (Fsp3) is 0.316. The standard InChI is InChI=1S/C31H33FN3O4.C7H7.U/c1-20-24-17-22(23-14-16-34(18-25(23)32)30(37)39-31(2,3)4)12-13-26(24)35(29(20)36)27-11-8-15-33-28(27)38-19-21-9-6-5-7-10-21;1-7-5-3-2-4-6-7;/h5-13,17,20,23,25H,14,16,18-19H2,1-4H3;2-6H,1H2;/q2*-1;+2/t20-,23?,25?;;/m0../s1. The van der Waals surface area contributed by atoms with Crippen molar-refractivity contribution in [1.82, 2.24) is 9.88 Å². The van der Waals surface area contributed by atoms with E-state index in [4.69, 9.17) is 9.47 Å². The Bertz CT molecular complexity index is 1650. The number of ether oxygens (including phenoxy) is 2. The monoisotopic (exact) mass is 859 g/mol. The predicted octanol–water partition coefficient (Wildman–Crippen LogP) is 8.17. The van der Waals surface area contributed by atoms with E-state index in [1.54, 1.807) is 37.8 Å². The molecule has 9 heteroatoms. The first-order valence-electron chi connectivity index (χ1n) is 15.5. The van der Waals surface area contributed by atoms with Crippen molar-refractivity contribution in [3.05, 3.63) is 126 Å². The summed E-state index contributed by atoms with van der Waals surface area (Å²) < 4.78 is 26.8. The van der Waals surface area contributed by atoms with Crippen molar-refractivity contribution in [3.63, 3.8) is 0 Å². The third kappa shape index (κ3) is 8.97. The van der Waals surface area contributed by atoms with Crippen LogP contribution in [0.1, 0.15) is 68.2 Å². The van der Waals surface area contributed by atoms with Gasteiger partial charge in [0.15, 0.2) is 0 Å². The summed E-state index contributed by atoms with van der Waals surface area (Å²) in [6, 6.07) is 28.7. The Morgan fingerprint density at radius 1 is 1.02 bits per heavy atom. The molecule has 2 aliphatic rings. The van der Waals surface area contributed by atoms with E-state index in [9.17, 15) is 9.59 Å². The molecule has 2 amide bonds. The summed E-state index contributed by atoms with van der Waals surface area (Å²) in [5, 5.41) is 0. The third-order valence-corrected chi connectivity index (χ3v) is 7.97. The number of carbonyl (C=O) groups is 2. The van der Waals surface area contributed by atoms with Crippen LogP contribution in [0.4, 0.5) is 20.6 Å². The molecule has 1 saturated heterocycles. The number of carbonyl (C=O) groups excluding carboxylic acids is 2. The molecule has 47 heavy (non-hydrogen) atoms. The van der Waals surface area contributed by atoms with Gasteiger partial charge in [-0.25, -0.2) is 9.18 Å². The molecular weight excluding hydrogens is 819 g/mol. The Kier molecular flexibility index (Phi) is 12.2. The third-order valence-electron chi connectivity index (χ3n) is 7.97. The quantitative estimate of drug-likeness (QED) is 0.190. The molecule has 6 rings (SSSR count). The number of halogens is 1. The number of hydrogen-bond acceptors (Lipinski definition) is 5. The van der Waals surface area contributed by atoms with Crippen LogP contribution in [0.25, 0.3) is 0 Å². The second-order valence-electron chi connectivity index (χ2n) is 12.6. The fourth-order valence-corrected chi connectivity index (χ4v) is 5.64. The van der Waals surface area contributed by atoms with Crippen molar-refractivity contribution in [3.8, 4) is 5.88 Å². The fourth-order valence-electron chi connectivity index (χ4n) is 5.64. The van der Waals surface area contributed by atoms with Crippen LogP contribution < -0.4 is 9.64 Å². The Morgan fingerprint density at radius 2 is 1.70 bits per heavy atom. The van der Waals surface area contributed by atoms with Crippen molar-refractivity contribution in [2.45, 2.75) is 64.3 Å². The van der Waals surface area contributed by atoms with Crippen molar-refractivity contribution in [2.24, 2.45) is 0 Å². The van der Waals surface area contributed by atoms with Crippen molar-refractivity contribution in [2.75, 3.05) is 18.0 Å². The molecule has 4 aromatic rings. The molecule has 0 spiro atoms. The van der Waals surface area contributed by atoms with Gasteiger partial charge in [-0.05, 0) is 56.9 Å². The Hall–Kier alpha value is -3.80. The van der Waals surface area contributed by atoms with Crippen molar-refractivity contribution >= 4 is 23.4 Å². The average molecular weight is 860 g/mol. The first kappa shape index (κ1) is 36.0. The summed E-state index contributed by atoms with van der Waals surface area (Å²) in [5.41, 5.74) is 4.36. The number of likely N-dealkylation sites (tertiary alicyclic amines) is 1. The minimum atomic E-state index is -1.24. The summed E-state index contributed by atoms with van der Waals surface area (Å²) in [6.07, 6.45) is 1.54. The number of amides is 2. The number of piperidine rings is 1. The van der Waals surface area contributed by atoms with Crippen LogP contribution in [0.2, 0.25) is 0 Å². The predicted molar refractivity (Wildman–Crippen MR) is 177 cm³/mol. The van der Waals surface area contributed by atoms with Gasteiger partial charge in [0.25, 0.3) is 0 Å². The number of alkyl halides is 1. The summed E-state index contributed by atoms with van der Waals surface area (Å²) in [6.45, 7) is 11.7. The molecule has 3 atom stereocenters. The SMILES string of the molecule is C[C@@H]1C(=O)N(c2cc[c-]nc2OCc2ccccc2)c2ccc(C3CCN(C(=O)OC(C)(C)C)CC3F)cc21.[CH2-]c1ccccc1.[U+2]. The van der Waals surface area contributed by atoms with Gasteiger partial charge in [0, 0.05) is 18.2 Å². The number of anilines is 2. The molecule has 0 aliphatic carbocycles. The van der Waals surface area contributed by atoms with Gasteiger partial charge in [-0.2, -0.15) is 30.7 Å². The molecule has 2 unspecified atom stereocenters. The van der Waals surface area contributed by atoms with Crippen LogP contribution in [-0.4, -0.2) is 46.7 Å². The van der Waals surface area contributed by atoms with E-state index < -0.39 is 23.8 Å². The van der Waals surface area contributed by atoms with Crippen molar-refractivity contribution < 1.29 is 54.6 Å². The van der Waals surface area contributed by atoms with E-state index in [2.05, 4.69) is 18.1 Å². The van der Waals surface area contributed by atoms with E-state index in [0.29, 0.717) is 31.1 Å². The summed E-state index contributed by atoms with van der Waals surface area (Å²) in [7, 11) is 0. The van der Waals surface area contributed by atoms with E-state index in [-0.39, 0.29) is 49.5 Å². The molecule has 1 aromatic heterocycles. The molecule has 1 fully saturated rings. The topological polar surface area (TPSA) is 72.0 Å². The van der Waals surface area contributed by atoms with Crippen LogP contribution in [0, 0.1) is 44.2 Å². The largest absolute Gasteiger partial charge is 2.00 e. The number of hydrogen-bond donors (Lipinski definition) is 0. The van der Waals surface area contributed by atoms with Crippen LogP contribution >= 0.6 is 0 Å². The van der Waals surface area contributed by atoms with E-state index in [0.717, 1.165) is 27.9 Å². The Balaban J connectivity index is 0.000000555. The van der Waals surface area contributed by atoms with Gasteiger partial charge in [-0.1, -0.05) is 54.7 Å². The maximum Gasteiger partial charge on any atom is 2.00 e. The second kappa shape index (κ2) is 15.9. The zero-order valence-corrected chi connectivity index (χ0v) is 31.4.